The van der Waals surface area contributed by atoms with E-state index >= 15 is 0 Å². The van der Waals surface area contributed by atoms with Gasteiger partial charge < -0.3 is 9.64 Å². The van der Waals surface area contributed by atoms with Crippen LogP contribution in [0.3, 0.4) is 0 Å². The number of hydrogen-bond acceptors (Lipinski definition) is 5. The van der Waals surface area contributed by atoms with Gasteiger partial charge in [0.15, 0.2) is 0 Å². The number of nitrogens with one attached hydrogen (secondary N) is 1. The van der Waals surface area contributed by atoms with Gasteiger partial charge in [-0.25, -0.2) is 4.98 Å². The summed E-state index contributed by atoms with van der Waals surface area (Å²) in [6.45, 7) is 1.81. The number of pyridine rings is 1. The molecule has 1 saturated heterocycles. The summed E-state index contributed by atoms with van der Waals surface area (Å²) in [6.07, 6.45) is 5.62. The van der Waals surface area contributed by atoms with Gasteiger partial charge >= 0.3 is 0 Å². The lowest BCUT2D eigenvalue weighted by molar-refractivity contribution is 0.415. The number of piperidine rings is 1. The molecule has 6 heteroatoms. The van der Waals surface area contributed by atoms with Crippen molar-refractivity contribution in [3.05, 3.63) is 60.0 Å². The quantitative estimate of drug-likeness (QED) is 0.768. The number of nitriles is 1. The van der Waals surface area contributed by atoms with Gasteiger partial charge in [-0.05, 0) is 42.7 Å². The van der Waals surface area contributed by atoms with Gasteiger partial charge in [0.25, 0.3) is 0 Å². The van der Waals surface area contributed by atoms with E-state index in [2.05, 4.69) is 32.2 Å². The molecule has 0 radical (unpaired) electrons. The highest BCUT2D eigenvalue weighted by Crippen LogP contribution is 2.35. The fourth-order valence-corrected chi connectivity index (χ4v) is 3.69. The number of anilines is 1. The van der Waals surface area contributed by atoms with Gasteiger partial charge in [0.2, 0.25) is 0 Å². The number of benzene rings is 1. The maximum absolute atomic E-state index is 9.09. The van der Waals surface area contributed by atoms with Gasteiger partial charge in [0.1, 0.15) is 11.6 Å². The Balaban J connectivity index is 1.51. The third-order valence-electron chi connectivity index (χ3n) is 5.15. The van der Waals surface area contributed by atoms with Crippen molar-refractivity contribution in [2.45, 2.75) is 18.8 Å². The van der Waals surface area contributed by atoms with E-state index in [0.717, 1.165) is 48.6 Å². The zero-order valence-electron chi connectivity index (χ0n) is 15.2. The van der Waals surface area contributed by atoms with E-state index in [-0.39, 0.29) is 0 Å². The number of hydrogen-bond donors (Lipinski definition) is 1. The van der Waals surface area contributed by atoms with E-state index in [1.807, 2.05) is 30.5 Å². The SMILES string of the molecule is COc1cccc(-c2cn[nH]c2C2CCN(c3cc(C#N)ccn3)CC2)c1. The third kappa shape index (κ3) is 3.49. The molecule has 0 bridgehead atoms. The molecule has 1 N–H and O–H groups in total. The molecule has 0 unspecified atom stereocenters. The summed E-state index contributed by atoms with van der Waals surface area (Å²) < 4.78 is 5.35. The van der Waals surface area contributed by atoms with E-state index in [4.69, 9.17) is 10.00 Å². The predicted molar refractivity (Wildman–Crippen MR) is 104 cm³/mol. The van der Waals surface area contributed by atoms with Crippen LogP contribution in [0.2, 0.25) is 0 Å². The monoisotopic (exact) mass is 359 g/mol. The Hall–Kier alpha value is -3.33. The number of aromatic amines is 1. The Bertz CT molecular complexity index is 966. The summed E-state index contributed by atoms with van der Waals surface area (Å²) in [7, 11) is 1.68. The summed E-state index contributed by atoms with van der Waals surface area (Å²) in [5.41, 5.74) is 4.08. The molecule has 0 aliphatic carbocycles. The minimum atomic E-state index is 0.420. The zero-order chi connectivity index (χ0) is 18.6. The van der Waals surface area contributed by atoms with E-state index in [1.165, 1.54) is 5.69 Å². The molecule has 27 heavy (non-hydrogen) atoms. The van der Waals surface area contributed by atoms with Gasteiger partial charge in [-0.3, -0.25) is 5.10 Å². The molecule has 0 saturated carbocycles. The molecule has 2 aromatic heterocycles. The van der Waals surface area contributed by atoms with Crippen molar-refractivity contribution < 1.29 is 4.74 Å². The summed E-state index contributed by atoms with van der Waals surface area (Å²) in [5.74, 6) is 2.15. The van der Waals surface area contributed by atoms with Crippen LogP contribution >= 0.6 is 0 Å². The average Bonchev–Trinajstić information content (AvgIpc) is 3.24. The molecule has 1 aliphatic heterocycles. The first-order chi connectivity index (χ1) is 13.3. The van der Waals surface area contributed by atoms with Crippen molar-refractivity contribution in [2.75, 3.05) is 25.1 Å². The highest BCUT2D eigenvalue weighted by atomic mass is 16.5. The zero-order valence-corrected chi connectivity index (χ0v) is 15.2. The highest BCUT2D eigenvalue weighted by molar-refractivity contribution is 5.67. The molecule has 4 rings (SSSR count). The molecule has 6 nitrogen and oxygen atoms in total. The fraction of sp³-hybridized carbons (Fsp3) is 0.286. The van der Waals surface area contributed by atoms with Crippen LogP contribution in [0.5, 0.6) is 5.75 Å². The molecule has 0 amide bonds. The molecule has 0 atom stereocenters. The third-order valence-corrected chi connectivity index (χ3v) is 5.15. The summed E-state index contributed by atoms with van der Waals surface area (Å²) in [4.78, 5) is 6.67. The van der Waals surface area contributed by atoms with E-state index in [9.17, 15) is 0 Å². The lowest BCUT2D eigenvalue weighted by Crippen LogP contribution is -2.33. The van der Waals surface area contributed by atoms with Crippen LogP contribution in [0.4, 0.5) is 5.82 Å². The highest BCUT2D eigenvalue weighted by Gasteiger charge is 2.25. The molecule has 136 valence electrons. The minimum Gasteiger partial charge on any atom is -0.497 e. The average molecular weight is 359 g/mol. The smallest absolute Gasteiger partial charge is 0.129 e. The molecule has 1 aliphatic rings. The van der Waals surface area contributed by atoms with E-state index in [0.29, 0.717) is 11.5 Å². The Kier molecular flexibility index (Phi) is 4.75. The van der Waals surface area contributed by atoms with Crippen molar-refractivity contribution in [3.8, 4) is 22.9 Å². The van der Waals surface area contributed by atoms with Crippen molar-refractivity contribution in [1.82, 2.24) is 15.2 Å². The van der Waals surface area contributed by atoms with Gasteiger partial charge in [0.05, 0.1) is 24.9 Å². The van der Waals surface area contributed by atoms with E-state index in [1.54, 1.807) is 19.4 Å². The van der Waals surface area contributed by atoms with Crippen LogP contribution in [0, 0.1) is 11.3 Å². The normalized spacial score (nSPS) is 14.7. The number of rotatable bonds is 4. The van der Waals surface area contributed by atoms with Crippen molar-refractivity contribution in [3.63, 3.8) is 0 Å². The second-order valence-electron chi connectivity index (χ2n) is 6.71. The van der Waals surface area contributed by atoms with E-state index < -0.39 is 0 Å². The molecule has 3 heterocycles. The summed E-state index contributed by atoms with van der Waals surface area (Å²) in [5, 5.41) is 16.6. The van der Waals surface area contributed by atoms with Crippen LogP contribution in [0.1, 0.15) is 30.0 Å². The standard InChI is InChI=1S/C21H21N5O/c1-27-18-4-2-3-17(12-18)19-14-24-25-21(19)16-6-9-26(10-7-16)20-11-15(13-22)5-8-23-20/h2-5,8,11-12,14,16H,6-7,9-10H2,1H3,(H,24,25). The number of aromatic nitrogens is 3. The van der Waals surface area contributed by atoms with Gasteiger partial charge in [-0.1, -0.05) is 12.1 Å². The first kappa shape index (κ1) is 17.1. The van der Waals surface area contributed by atoms with Crippen molar-refractivity contribution in [1.29, 1.82) is 5.26 Å². The fourth-order valence-electron chi connectivity index (χ4n) is 3.69. The van der Waals surface area contributed by atoms with Crippen LogP contribution in [0.25, 0.3) is 11.1 Å². The van der Waals surface area contributed by atoms with Crippen LogP contribution in [-0.2, 0) is 0 Å². The summed E-state index contributed by atoms with van der Waals surface area (Å²) >= 11 is 0. The second kappa shape index (κ2) is 7.50. The van der Waals surface area contributed by atoms with Crippen molar-refractivity contribution in [2.24, 2.45) is 0 Å². The minimum absolute atomic E-state index is 0.420. The number of methoxy groups -OCH3 is 1. The lowest BCUT2D eigenvalue weighted by Gasteiger charge is -2.32. The van der Waals surface area contributed by atoms with Gasteiger partial charge in [-0.2, -0.15) is 10.4 Å². The molecule has 1 fully saturated rings. The molecule has 1 aromatic carbocycles. The van der Waals surface area contributed by atoms with Gasteiger partial charge in [0, 0.05) is 36.5 Å². The first-order valence-electron chi connectivity index (χ1n) is 9.07. The topological polar surface area (TPSA) is 77.8 Å². The summed E-state index contributed by atoms with van der Waals surface area (Å²) in [6, 6.07) is 13.9. The Morgan fingerprint density at radius 1 is 1.22 bits per heavy atom. The van der Waals surface area contributed by atoms with Gasteiger partial charge in [-0.15, -0.1) is 0 Å². The molecule has 3 aromatic rings. The largest absolute Gasteiger partial charge is 0.497 e. The number of ether oxygens (including phenoxy) is 1. The molecular weight excluding hydrogens is 338 g/mol. The number of nitrogens with zero attached hydrogens (tertiary/aromatic N) is 4. The maximum atomic E-state index is 9.09. The second-order valence-corrected chi connectivity index (χ2v) is 6.71. The molecular formula is C21H21N5O. The maximum Gasteiger partial charge on any atom is 0.129 e. The van der Waals surface area contributed by atoms with Crippen molar-refractivity contribution >= 4 is 5.82 Å². The van der Waals surface area contributed by atoms with Crippen LogP contribution in [-0.4, -0.2) is 35.4 Å². The Labute approximate surface area is 158 Å². The van der Waals surface area contributed by atoms with Crippen LogP contribution in [0.15, 0.2) is 48.8 Å². The Morgan fingerprint density at radius 2 is 2.07 bits per heavy atom. The lowest BCUT2D eigenvalue weighted by atomic mass is 9.89. The Morgan fingerprint density at radius 3 is 2.85 bits per heavy atom. The molecule has 0 spiro atoms. The predicted octanol–water partition coefficient (Wildman–Crippen LogP) is 3.74. The first-order valence-corrected chi connectivity index (χ1v) is 9.07. The van der Waals surface area contributed by atoms with Crippen LogP contribution < -0.4 is 9.64 Å². The number of H-pyrrole nitrogens is 1.